The SMILES string of the molecule is CCn1nc(C)c(Br)c1CNC1(CC)CCC1. The molecule has 2 rings (SSSR count). The van der Waals surface area contributed by atoms with E-state index < -0.39 is 0 Å². The van der Waals surface area contributed by atoms with Gasteiger partial charge >= 0.3 is 0 Å². The predicted molar refractivity (Wildman–Crippen MR) is 74.1 cm³/mol. The molecule has 0 bridgehead atoms. The van der Waals surface area contributed by atoms with Crippen LogP contribution in [0.2, 0.25) is 0 Å². The Morgan fingerprint density at radius 1 is 1.41 bits per heavy atom. The van der Waals surface area contributed by atoms with E-state index in [2.05, 4.69) is 51.8 Å². The van der Waals surface area contributed by atoms with Gasteiger partial charge in [-0.05, 0) is 55.5 Å². The van der Waals surface area contributed by atoms with Crippen LogP contribution in [-0.2, 0) is 13.1 Å². The topological polar surface area (TPSA) is 29.9 Å². The highest BCUT2D eigenvalue weighted by atomic mass is 79.9. The molecule has 0 unspecified atom stereocenters. The van der Waals surface area contributed by atoms with E-state index in [0.29, 0.717) is 5.54 Å². The molecule has 1 fully saturated rings. The fraction of sp³-hybridized carbons (Fsp3) is 0.769. The fourth-order valence-electron chi connectivity index (χ4n) is 2.57. The molecule has 1 aliphatic rings. The summed E-state index contributed by atoms with van der Waals surface area (Å²) in [7, 11) is 0. The number of aryl methyl sites for hydroxylation is 2. The summed E-state index contributed by atoms with van der Waals surface area (Å²) < 4.78 is 3.26. The zero-order chi connectivity index (χ0) is 12.5. The van der Waals surface area contributed by atoms with E-state index in [1.54, 1.807) is 0 Å². The highest BCUT2D eigenvalue weighted by Crippen LogP contribution is 2.35. The van der Waals surface area contributed by atoms with E-state index in [9.17, 15) is 0 Å². The van der Waals surface area contributed by atoms with Gasteiger partial charge in [-0.15, -0.1) is 0 Å². The van der Waals surface area contributed by atoms with Crippen LogP contribution in [-0.4, -0.2) is 15.3 Å². The molecule has 1 saturated carbocycles. The second-order valence-corrected chi connectivity index (χ2v) is 5.80. The van der Waals surface area contributed by atoms with Crippen LogP contribution in [0.15, 0.2) is 4.47 Å². The van der Waals surface area contributed by atoms with Gasteiger partial charge in [-0.25, -0.2) is 0 Å². The Bertz CT molecular complexity index is 388. The zero-order valence-corrected chi connectivity index (χ0v) is 12.6. The molecule has 0 amide bonds. The Kier molecular flexibility index (Phi) is 3.93. The Balaban J connectivity index is 2.08. The fourth-order valence-corrected chi connectivity index (χ4v) is 2.99. The van der Waals surface area contributed by atoms with Crippen molar-refractivity contribution in [2.75, 3.05) is 0 Å². The lowest BCUT2D eigenvalue weighted by atomic mass is 9.75. The van der Waals surface area contributed by atoms with Crippen LogP contribution in [0.4, 0.5) is 0 Å². The van der Waals surface area contributed by atoms with Gasteiger partial charge in [0, 0.05) is 18.6 Å². The number of rotatable bonds is 5. The third-order valence-corrected chi connectivity index (χ3v) is 5.10. The maximum absolute atomic E-state index is 4.53. The van der Waals surface area contributed by atoms with Crippen molar-refractivity contribution in [2.24, 2.45) is 0 Å². The van der Waals surface area contributed by atoms with Crippen LogP contribution >= 0.6 is 15.9 Å². The zero-order valence-electron chi connectivity index (χ0n) is 11.0. The number of hydrogen-bond acceptors (Lipinski definition) is 2. The Morgan fingerprint density at radius 3 is 2.59 bits per heavy atom. The van der Waals surface area contributed by atoms with Gasteiger partial charge in [0.2, 0.25) is 0 Å². The van der Waals surface area contributed by atoms with E-state index in [1.165, 1.54) is 31.4 Å². The molecule has 0 saturated heterocycles. The lowest BCUT2D eigenvalue weighted by Crippen LogP contribution is -2.50. The van der Waals surface area contributed by atoms with Gasteiger partial charge in [0.1, 0.15) is 0 Å². The largest absolute Gasteiger partial charge is 0.306 e. The smallest absolute Gasteiger partial charge is 0.0739 e. The molecule has 1 N–H and O–H groups in total. The lowest BCUT2D eigenvalue weighted by Gasteiger charge is -2.42. The maximum atomic E-state index is 4.53. The summed E-state index contributed by atoms with van der Waals surface area (Å²) in [5.41, 5.74) is 2.77. The van der Waals surface area contributed by atoms with Gasteiger partial charge < -0.3 is 5.32 Å². The number of hydrogen-bond donors (Lipinski definition) is 1. The lowest BCUT2D eigenvalue weighted by molar-refractivity contribution is 0.173. The van der Waals surface area contributed by atoms with E-state index in [4.69, 9.17) is 0 Å². The highest BCUT2D eigenvalue weighted by molar-refractivity contribution is 9.10. The van der Waals surface area contributed by atoms with E-state index in [0.717, 1.165) is 23.3 Å². The Labute approximate surface area is 112 Å². The summed E-state index contributed by atoms with van der Waals surface area (Å²) in [6, 6.07) is 0. The number of nitrogens with one attached hydrogen (secondary N) is 1. The second-order valence-electron chi connectivity index (χ2n) is 5.00. The van der Waals surface area contributed by atoms with E-state index in [1.807, 2.05) is 0 Å². The summed E-state index contributed by atoms with van der Waals surface area (Å²) >= 11 is 3.65. The minimum absolute atomic E-state index is 0.399. The summed E-state index contributed by atoms with van der Waals surface area (Å²) in [6.45, 7) is 8.33. The molecule has 0 radical (unpaired) electrons. The third-order valence-electron chi connectivity index (χ3n) is 4.07. The molecule has 96 valence electrons. The normalized spacial score (nSPS) is 18.1. The second kappa shape index (κ2) is 5.11. The maximum Gasteiger partial charge on any atom is 0.0739 e. The average Bonchev–Trinajstić information content (AvgIpc) is 2.55. The van der Waals surface area contributed by atoms with Crippen molar-refractivity contribution in [2.45, 2.75) is 65.1 Å². The van der Waals surface area contributed by atoms with Crippen LogP contribution < -0.4 is 5.32 Å². The van der Waals surface area contributed by atoms with E-state index in [-0.39, 0.29) is 0 Å². The standard InChI is InChI=1S/C13H22BrN3/c1-4-13(7-6-8-13)15-9-11-12(14)10(3)16-17(11)5-2/h15H,4-9H2,1-3H3. The molecule has 0 atom stereocenters. The third kappa shape index (κ3) is 2.43. The summed E-state index contributed by atoms with van der Waals surface area (Å²) in [5.74, 6) is 0. The molecule has 1 aromatic heterocycles. The molecule has 0 spiro atoms. The number of aromatic nitrogens is 2. The molecule has 4 heteroatoms. The number of halogens is 1. The first-order valence-corrected chi connectivity index (χ1v) is 7.38. The van der Waals surface area contributed by atoms with E-state index >= 15 is 0 Å². The first kappa shape index (κ1) is 13.1. The van der Waals surface area contributed by atoms with Crippen LogP contribution in [0.3, 0.4) is 0 Å². The van der Waals surface area contributed by atoms with Gasteiger partial charge in [-0.2, -0.15) is 5.10 Å². The van der Waals surface area contributed by atoms with Gasteiger partial charge in [0.15, 0.2) is 0 Å². The minimum atomic E-state index is 0.399. The summed E-state index contributed by atoms with van der Waals surface area (Å²) in [5, 5.41) is 8.27. The van der Waals surface area contributed by atoms with Crippen molar-refractivity contribution < 1.29 is 0 Å². The molecule has 17 heavy (non-hydrogen) atoms. The summed E-state index contributed by atoms with van der Waals surface area (Å²) in [4.78, 5) is 0. The Hall–Kier alpha value is -0.350. The van der Waals surface area contributed by atoms with Crippen molar-refractivity contribution in [3.8, 4) is 0 Å². The molecule has 1 aromatic rings. The summed E-state index contributed by atoms with van der Waals surface area (Å²) in [6.07, 6.45) is 5.23. The van der Waals surface area contributed by atoms with Crippen LogP contribution in [0.25, 0.3) is 0 Å². The first-order chi connectivity index (χ1) is 8.12. The van der Waals surface area contributed by atoms with Crippen molar-refractivity contribution in [1.29, 1.82) is 0 Å². The van der Waals surface area contributed by atoms with Gasteiger partial charge in [0.25, 0.3) is 0 Å². The van der Waals surface area contributed by atoms with Crippen LogP contribution in [0.1, 0.15) is 50.9 Å². The average molecular weight is 300 g/mol. The quantitative estimate of drug-likeness (QED) is 0.903. The van der Waals surface area contributed by atoms with Crippen molar-refractivity contribution in [1.82, 2.24) is 15.1 Å². The number of nitrogens with zero attached hydrogens (tertiary/aromatic N) is 2. The van der Waals surface area contributed by atoms with Crippen molar-refractivity contribution in [3.05, 3.63) is 15.9 Å². The first-order valence-electron chi connectivity index (χ1n) is 6.58. The van der Waals surface area contributed by atoms with Crippen LogP contribution in [0.5, 0.6) is 0 Å². The molecule has 3 nitrogen and oxygen atoms in total. The molecular formula is C13H22BrN3. The van der Waals surface area contributed by atoms with Gasteiger partial charge in [0.05, 0.1) is 15.9 Å². The van der Waals surface area contributed by atoms with Crippen molar-refractivity contribution in [3.63, 3.8) is 0 Å². The van der Waals surface area contributed by atoms with Gasteiger partial charge in [-0.1, -0.05) is 6.92 Å². The predicted octanol–water partition coefficient (Wildman–Crippen LogP) is 3.40. The molecule has 1 heterocycles. The Morgan fingerprint density at radius 2 is 2.12 bits per heavy atom. The van der Waals surface area contributed by atoms with Crippen molar-refractivity contribution >= 4 is 15.9 Å². The highest BCUT2D eigenvalue weighted by Gasteiger charge is 2.34. The molecule has 0 aliphatic heterocycles. The molecule has 0 aromatic carbocycles. The minimum Gasteiger partial charge on any atom is -0.306 e. The van der Waals surface area contributed by atoms with Crippen LogP contribution in [0, 0.1) is 6.92 Å². The van der Waals surface area contributed by atoms with Gasteiger partial charge in [-0.3, -0.25) is 4.68 Å². The monoisotopic (exact) mass is 299 g/mol. The molecular weight excluding hydrogens is 278 g/mol. The molecule has 1 aliphatic carbocycles.